The van der Waals surface area contributed by atoms with E-state index in [1.54, 1.807) is 37.7 Å². The zero-order valence-corrected chi connectivity index (χ0v) is 18.6. The molecule has 1 N–H and O–H groups in total. The van der Waals surface area contributed by atoms with E-state index in [1.807, 2.05) is 48.5 Å². The number of nitrogens with one attached hydrogen (secondary N) is 1. The molecule has 5 nitrogen and oxygen atoms in total. The predicted molar refractivity (Wildman–Crippen MR) is 118 cm³/mol. The molecule has 0 bridgehead atoms. The third kappa shape index (κ3) is 7.29. The summed E-state index contributed by atoms with van der Waals surface area (Å²) in [6.07, 6.45) is 1.10. The van der Waals surface area contributed by atoms with Crippen molar-refractivity contribution in [1.82, 2.24) is 10.2 Å². The van der Waals surface area contributed by atoms with Crippen molar-refractivity contribution in [2.45, 2.75) is 37.2 Å². The highest BCUT2D eigenvalue weighted by atomic mass is 35.5. The van der Waals surface area contributed by atoms with Gasteiger partial charge in [-0.15, -0.1) is 11.8 Å². The smallest absolute Gasteiger partial charge is 0.242 e. The highest BCUT2D eigenvalue weighted by molar-refractivity contribution is 7.99. The number of likely N-dealkylation sites (N-methyl/N-ethyl adjacent to an activating group) is 1. The minimum Gasteiger partial charge on any atom is -0.497 e. The molecule has 156 valence electrons. The second kappa shape index (κ2) is 11.7. The number of rotatable bonds is 10. The summed E-state index contributed by atoms with van der Waals surface area (Å²) in [6.45, 7) is 2.11. The summed E-state index contributed by atoms with van der Waals surface area (Å²) < 4.78 is 5.26. The van der Waals surface area contributed by atoms with Gasteiger partial charge in [-0.2, -0.15) is 0 Å². The van der Waals surface area contributed by atoms with Gasteiger partial charge in [0.05, 0.1) is 7.11 Å². The number of thioether (sulfide) groups is 1. The molecule has 2 aromatic rings. The molecule has 0 fully saturated rings. The summed E-state index contributed by atoms with van der Waals surface area (Å²) in [6, 6.07) is 14.6. The molecule has 0 spiro atoms. The fourth-order valence-electron chi connectivity index (χ4n) is 2.85. The van der Waals surface area contributed by atoms with E-state index >= 15 is 0 Å². The number of halogens is 1. The van der Waals surface area contributed by atoms with Crippen molar-refractivity contribution in [1.29, 1.82) is 0 Å². The lowest BCUT2D eigenvalue weighted by Crippen LogP contribution is -2.46. The molecular formula is C22H27ClN2O3S. The van der Waals surface area contributed by atoms with E-state index < -0.39 is 6.04 Å². The van der Waals surface area contributed by atoms with Gasteiger partial charge in [-0.25, -0.2) is 0 Å². The van der Waals surface area contributed by atoms with Crippen LogP contribution in [0.5, 0.6) is 5.75 Å². The van der Waals surface area contributed by atoms with Gasteiger partial charge in [-0.05, 0) is 61.1 Å². The quantitative estimate of drug-likeness (QED) is 0.445. The van der Waals surface area contributed by atoms with E-state index in [0.717, 1.165) is 28.4 Å². The van der Waals surface area contributed by atoms with Crippen LogP contribution in [0.4, 0.5) is 0 Å². The molecular weight excluding hydrogens is 408 g/mol. The molecule has 0 aliphatic rings. The lowest BCUT2D eigenvalue weighted by Gasteiger charge is -2.28. The number of hydrogen-bond acceptors (Lipinski definition) is 4. The summed E-state index contributed by atoms with van der Waals surface area (Å²) in [5.74, 6) is 1.31. The Bertz CT molecular complexity index is 814. The second-order valence-electron chi connectivity index (χ2n) is 6.57. The number of amides is 2. The lowest BCUT2D eigenvalue weighted by atomic mass is 10.1. The number of nitrogens with zero attached hydrogens (tertiary/aromatic N) is 1. The first-order chi connectivity index (χ1) is 13.9. The van der Waals surface area contributed by atoms with E-state index in [-0.39, 0.29) is 11.8 Å². The molecule has 29 heavy (non-hydrogen) atoms. The van der Waals surface area contributed by atoms with Crippen molar-refractivity contribution in [3.8, 4) is 5.75 Å². The number of benzene rings is 2. The van der Waals surface area contributed by atoms with Gasteiger partial charge in [-0.1, -0.05) is 23.7 Å². The Balaban J connectivity index is 1.97. The van der Waals surface area contributed by atoms with Crippen LogP contribution in [0.25, 0.3) is 0 Å². The molecule has 1 atom stereocenters. The number of carbonyl (C=O) groups excluding carboxylic acids is 2. The molecule has 7 heteroatoms. The molecule has 0 aromatic heterocycles. The Morgan fingerprint density at radius 1 is 1.21 bits per heavy atom. The molecule has 0 saturated carbocycles. The van der Waals surface area contributed by atoms with Crippen LogP contribution in [0.2, 0.25) is 5.02 Å². The molecule has 2 amide bonds. The van der Waals surface area contributed by atoms with Gasteiger partial charge in [0.25, 0.3) is 0 Å². The molecule has 0 aliphatic carbocycles. The lowest BCUT2D eigenvalue weighted by molar-refractivity contribution is -0.140. The normalized spacial score (nSPS) is 11.6. The second-order valence-corrected chi connectivity index (χ2v) is 8.17. The highest BCUT2D eigenvalue weighted by Gasteiger charge is 2.25. The van der Waals surface area contributed by atoms with Crippen LogP contribution in [0.15, 0.2) is 53.4 Å². The van der Waals surface area contributed by atoms with Crippen molar-refractivity contribution in [3.05, 3.63) is 59.1 Å². The van der Waals surface area contributed by atoms with Crippen molar-refractivity contribution in [2.24, 2.45) is 0 Å². The van der Waals surface area contributed by atoms with Crippen LogP contribution < -0.4 is 10.1 Å². The summed E-state index contributed by atoms with van der Waals surface area (Å²) in [4.78, 5) is 27.8. The van der Waals surface area contributed by atoms with Gasteiger partial charge in [0.15, 0.2) is 0 Å². The van der Waals surface area contributed by atoms with Crippen LogP contribution in [0, 0.1) is 0 Å². The van der Waals surface area contributed by atoms with Crippen molar-refractivity contribution < 1.29 is 14.3 Å². The van der Waals surface area contributed by atoms with Crippen LogP contribution in [0.1, 0.15) is 25.3 Å². The van der Waals surface area contributed by atoms with Gasteiger partial charge >= 0.3 is 0 Å². The molecule has 0 saturated heterocycles. The Morgan fingerprint density at radius 3 is 2.59 bits per heavy atom. The summed E-state index contributed by atoms with van der Waals surface area (Å²) >= 11 is 7.59. The fraction of sp³-hybridized carbons (Fsp3) is 0.364. The molecule has 0 unspecified atom stereocenters. The molecule has 2 rings (SSSR count). The van der Waals surface area contributed by atoms with E-state index in [1.165, 1.54) is 0 Å². The van der Waals surface area contributed by atoms with Crippen LogP contribution in [0.3, 0.4) is 0 Å². The Morgan fingerprint density at radius 2 is 1.93 bits per heavy atom. The molecule has 2 aromatic carbocycles. The molecule has 0 aliphatic heterocycles. The van der Waals surface area contributed by atoms with Crippen molar-refractivity contribution >= 4 is 35.2 Å². The van der Waals surface area contributed by atoms with Gasteiger partial charge < -0.3 is 15.0 Å². The third-order valence-corrected chi connectivity index (χ3v) is 5.87. The Labute approximate surface area is 181 Å². The minimum absolute atomic E-state index is 0.0411. The van der Waals surface area contributed by atoms with E-state index in [4.69, 9.17) is 16.3 Å². The first-order valence-electron chi connectivity index (χ1n) is 9.47. The average molecular weight is 435 g/mol. The highest BCUT2D eigenvalue weighted by Crippen LogP contribution is 2.22. The summed E-state index contributed by atoms with van der Waals surface area (Å²) in [5, 5.41) is 3.34. The Hall–Kier alpha value is -2.18. The van der Waals surface area contributed by atoms with E-state index in [2.05, 4.69) is 5.32 Å². The zero-order chi connectivity index (χ0) is 21.2. The van der Waals surface area contributed by atoms with Gasteiger partial charge in [0.1, 0.15) is 11.8 Å². The Kier molecular flexibility index (Phi) is 9.35. The first-order valence-corrected chi connectivity index (χ1v) is 10.8. The first kappa shape index (κ1) is 23.1. The average Bonchev–Trinajstić information content (AvgIpc) is 2.75. The predicted octanol–water partition coefficient (Wildman–Crippen LogP) is 4.38. The SMILES string of the molecule is CNC(=O)[C@@H](C)N(Cc1cccc(OC)c1)C(=O)CCCSc1ccc(Cl)cc1. The van der Waals surface area contributed by atoms with Crippen LogP contribution >= 0.6 is 23.4 Å². The number of methoxy groups -OCH3 is 1. The standard InChI is InChI=1S/C22H27ClN2O3S/c1-16(22(27)24-2)25(15-17-6-4-7-19(14-17)28-3)21(26)8-5-13-29-20-11-9-18(23)10-12-20/h4,6-7,9-12,14,16H,5,8,13,15H2,1-3H3,(H,24,27)/t16-/m1/s1. The van der Waals surface area contributed by atoms with Gasteiger partial charge in [0.2, 0.25) is 11.8 Å². The molecule has 0 heterocycles. The van der Waals surface area contributed by atoms with Gasteiger partial charge in [-0.3, -0.25) is 9.59 Å². The third-order valence-electron chi connectivity index (χ3n) is 4.52. The number of carbonyl (C=O) groups is 2. The van der Waals surface area contributed by atoms with Crippen LogP contribution in [-0.4, -0.2) is 42.7 Å². The zero-order valence-electron chi connectivity index (χ0n) is 17.0. The maximum absolute atomic E-state index is 12.9. The topological polar surface area (TPSA) is 58.6 Å². The monoisotopic (exact) mass is 434 g/mol. The number of ether oxygens (including phenoxy) is 1. The van der Waals surface area contributed by atoms with Crippen molar-refractivity contribution in [3.63, 3.8) is 0 Å². The van der Waals surface area contributed by atoms with Crippen LogP contribution in [-0.2, 0) is 16.1 Å². The number of hydrogen-bond donors (Lipinski definition) is 1. The minimum atomic E-state index is -0.553. The summed E-state index contributed by atoms with van der Waals surface area (Å²) in [5.41, 5.74) is 0.920. The fourth-order valence-corrected chi connectivity index (χ4v) is 3.83. The maximum Gasteiger partial charge on any atom is 0.242 e. The van der Waals surface area contributed by atoms with E-state index in [0.29, 0.717) is 18.0 Å². The van der Waals surface area contributed by atoms with Gasteiger partial charge in [0, 0.05) is 29.9 Å². The molecule has 0 radical (unpaired) electrons. The summed E-state index contributed by atoms with van der Waals surface area (Å²) in [7, 11) is 3.18. The van der Waals surface area contributed by atoms with Crippen molar-refractivity contribution in [2.75, 3.05) is 19.9 Å². The maximum atomic E-state index is 12.9. The van der Waals surface area contributed by atoms with E-state index in [9.17, 15) is 9.59 Å². The largest absolute Gasteiger partial charge is 0.497 e.